The number of amides is 1. The minimum Gasteiger partial charge on any atom is -0.370 e. The molecular weight excluding hydrogens is 410 g/mol. The van der Waals surface area contributed by atoms with E-state index >= 15 is 0 Å². The molecule has 31 heavy (non-hydrogen) atoms. The molecule has 0 unspecified atom stereocenters. The number of hydrogen-bond acceptors (Lipinski definition) is 4. The van der Waals surface area contributed by atoms with Crippen LogP contribution in [0.25, 0.3) is 11.1 Å². The van der Waals surface area contributed by atoms with Crippen LogP contribution >= 0.6 is 11.6 Å². The van der Waals surface area contributed by atoms with Crippen molar-refractivity contribution in [2.24, 2.45) is 5.92 Å². The number of pyridine rings is 1. The molecule has 1 saturated carbocycles. The van der Waals surface area contributed by atoms with Crippen molar-refractivity contribution < 1.29 is 4.79 Å². The Hall–Kier alpha value is -2.86. The van der Waals surface area contributed by atoms with Crippen molar-refractivity contribution in [2.75, 3.05) is 11.9 Å². The first-order chi connectivity index (χ1) is 15.0. The summed E-state index contributed by atoms with van der Waals surface area (Å²) in [7, 11) is 0. The quantitative estimate of drug-likeness (QED) is 0.498. The Kier molecular flexibility index (Phi) is 6.56. The van der Waals surface area contributed by atoms with E-state index in [1.807, 2.05) is 32.0 Å². The lowest BCUT2D eigenvalue weighted by atomic mass is 9.86. The van der Waals surface area contributed by atoms with Crippen LogP contribution in [0.4, 0.5) is 5.82 Å². The molecule has 162 valence electrons. The van der Waals surface area contributed by atoms with Gasteiger partial charge in [-0.2, -0.15) is 5.10 Å². The second-order valence-electron chi connectivity index (χ2n) is 8.28. The molecule has 3 N–H and O–H groups in total. The van der Waals surface area contributed by atoms with Gasteiger partial charge in [0.1, 0.15) is 5.82 Å². The van der Waals surface area contributed by atoms with Crippen LogP contribution in [0.3, 0.4) is 0 Å². The van der Waals surface area contributed by atoms with Crippen LogP contribution in [-0.4, -0.2) is 33.7 Å². The number of rotatable bonds is 6. The van der Waals surface area contributed by atoms with Crippen molar-refractivity contribution in [1.29, 1.82) is 0 Å². The molecule has 4 rings (SSSR count). The molecule has 2 heterocycles. The number of hydrogen-bond donors (Lipinski definition) is 3. The maximum absolute atomic E-state index is 12.6. The van der Waals surface area contributed by atoms with Gasteiger partial charge < -0.3 is 10.6 Å². The van der Waals surface area contributed by atoms with E-state index in [4.69, 9.17) is 11.6 Å². The van der Waals surface area contributed by atoms with E-state index < -0.39 is 0 Å². The average Bonchev–Trinajstić information content (AvgIpc) is 3.15. The molecule has 0 saturated heterocycles. The minimum atomic E-state index is -0.0884. The molecule has 3 aromatic rings. The third-order valence-corrected chi connectivity index (χ3v) is 6.26. The van der Waals surface area contributed by atoms with Crippen LogP contribution in [0, 0.1) is 19.8 Å². The van der Waals surface area contributed by atoms with Gasteiger partial charge in [0.25, 0.3) is 5.91 Å². The zero-order valence-electron chi connectivity index (χ0n) is 17.9. The molecule has 0 atom stereocenters. The number of anilines is 1. The first-order valence-electron chi connectivity index (χ1n) is 10.8. The molecular formula is C24H28ClN5O. The molecule has 2 aromatic heterocycles. The van der Waals surface area contributed by atoms with Gasteiger partial charge in [-0.25, -0.2) is 0 Å². The second kappa shape index (κ2) is 9.52. The predicted octanol–water partition coefficient (Wildman–Crippen LogP) is 5.14. The lowest BCUT2D eigenvalue weighted by Gasteiger charge is -2.29. The van der Waals surface area contributed by atoms with E-state index in [0.29, 0.717) is 22.2 Å². The second-order valence-corrected chi connectivity index (χ2v) is 8.72. The summed E-state index contributed by atoms with van der Waals surface area (Å²) in [5, 5.41) is 14.7. The largest absolute Gasteiger partial charge is 0.370 e. The molecule has 0 radical (unpaired) electrons. The Balaban J connectivity index is 1.30. The van der Waals surface area contributed by atoms with Gasteiger partial charge in [0.15, 0.2) is 0 Å². The van der Waals surface area contributed by atoms with Gasteiger partial charge in [-0.1, -0.05) is 41.9 Å². The van der Waals surface area contributed by atoms with Crippen molar-refractivity contribution in [3.63, 3.8) is 0 Å². The fourth-order valence-corrected chi connectivity index (χ4v) is 4.43. The van der Waals surface area contributed by atoms with E-state index in [0.717, 1.165) is 54.9 Å². The van der Waals surface area contributed by atoms with Crippen molar-refractivity contribution in [1.82, 2.24) is 20.5 Å². The minimum absolute atomic E-state index is 0.0884. The van der Waals surface area contributed by atoms with Crippen LogP contribution in [0.1, 0.15) is 47.4 Å². The molecule has 0 bridgehead atoms. The summed E-state index contributed by atoms with van der Waals surface area (Å²) in [5.74, 6) is 1.45. The average molecular weight is 438 g/mol. The lowest BCUT2D eigenvalue weighted by molar-refractivity contribution is 0.0921. The van der Waals surface area contributed by atoms with Gasteiger partial charge in [-0.15, -0.1) is 0 Å². The summed E-state index contributed by atoms with van der Waals surface area (Å²) in [6, 6.07) is 12.2. The Morgan fingerprint density at radius 3 is 2.61 bits per heavy atom. The van der Waals surface area contributed by atoms with E-state index in [-0.39, 0.29) is 11.9 Å². The number of aryl methyl sites for hydroxylation is 2. The van der Waals surface area contributed by atoms with Crippen molar-refractivity contribution in [3.05, 3.63) is 64.6 Å². The van der Waals surface area contributed by atoms with E-state index in [1.165, 1.54) is 0 Å². The number of halogens is 1. The van der Waals surface area contributed by atoms with Crippen LogP contribution in [-0.2, 0) is 0 Å². The fourth-order valence-electron chi connectivity index (χ4n) is 4.28. The standard InChI is InChI=1S/C24H28ClN5O/c1-15-21(12-19(25)14-26-15)24(31)28-20-10-8-17(9-11-20)13-27-23-22(16(2)29-30-23)18-6-4-3-5-7-18/h3-7,12,14,17,20H,8-11,13H2,1-2H3,(H,28,31)(H2,27,29,30)/t17-,20-. The molecule has 1 amide bonds. The summed E-state index contributed by atoms with van der Waals surface area (Å²) >= 11 is 6.00. The molecule has 6 nitrogen and oxygen atoms in total. The number of benzene rings is 1. The molecule has 1 fully saturated rings. The van der Waals surface area contributed by atoms with Gasteiger partial charge in [0, 0.05) is 24.3 Å². The highest BCUT2D eigenvalue weighted by molar-refractivity contribution is 6.30. The van der Waals surface area contributed by atoms with E-state index in [1.54, 1.807) is 12.3 Å². The Bertz CT molecular complexity index is 1040. The molecule has 1 aliphatic rings. The third-order valence-electron chi connectivity index (χ3n) is 6.06. The Labute approximate surface area is 187 Å². The van der Waals surface area contributed by atoms with Crippen LogP contribution in [0.5, 0.6) is 0 Å². The summed E-state index contributed by atoms with van der Waals surface area (Å²) in [4.78, 5) is 16.8. The van der Waals surface area contributed by atoms with Gasteiger partial charge in [-0.05, 0) is 57.1 Å². The summed E-state index contributed by atoms with van der Waals surface area (Å²) in [6.07, 6.45) is 5.64. The number of carbonyl (C=O) groups is 1. The van der Waals surface area contributed by atoms with Crippen molar-refractivity contribution >= 4 is 23.3 Å². The SMILES string of the molecule is Cc1ncc(Cl)cc1C(=O)N[C@H]1CC[C@H](CNc2[nH]nc(C)c2-c2ccccc2)CC1. The highest BCUT2D eigenvalue weighted by atomic mass is 35.5. The zero-order chi connectivity index (χ0) is 21.8. The predicted molar refractivity (Wildman–Crippen MR) is 124 cm³/mol. The number of aromatic amines is 1. The van der Waals surface area contributed by atoms with Crippen molar-refractivity contribution in [2.45, 2.75) is 45.6 Å². The Morgan fingerprint density at radius 2 is 1.87 bits per heavy atom. The van der Waals surface area contributed by atoms with Crippen molar-refractivity contribution in [3.8, 4) is 11.1 Å². The smallest absolute Gasteiger partial charge is 0.253 e. The molecule has 0 aliphatic heterocycles. The molecule has 7 heteroatoms. The maximum atomic E-state index is 12.6. The highest BCUT2D eigenvalue weighted by Crippen LogP contribution is 2.31. The fraction of sp³-hybridized carbons (Fsp3) is 0.375. The van der Waals surface area contributed by atoms with E-state index in [2.05, 4.69) is 37.9 Å². The summed E-state index contributed by atoms with van der Waals surface area (Å²) in [6.45, 7) is 4.74. The van der Waals surface area contributed by atoms with Gasteiger partial charge >= 0.3 is 0 Å². The first kappa shape index (κ1) is 21.4. The van der Waals surface area contributed by atoms with Crippen LogP contribution in [0.15, 0.2) is 42.6 Å². The lowest BCUT2D eigenvalue weighted by Crippen LogP contribution is -2.38. The number of H-pyrrole nitrogens is 1. The number of carbonyl (C=O) groups excluding carboxylic acids is 1. The number of nitrogens with one attached hydrogen (secondary N) is 3. The molecule has 1 aromatic carbocycles. The maximum Gasteiger partial charge on any atom is 0.253 e. The molecule has 1 aliphatic carbocycles. The van der Waals surface area contributed by atoms with Gasteiger partial charge in [0.05, 0.1) is 22.0 Å². The van der Waals surface area contributed by atoms with Crippen LogP contribution < -0.4 is 10.6 Å². The van der Waals surface area contributed by atoms with Crippen LogP contribution in [0.2, 0.25) is 5.02 Å². The number of aromatic nitrogens is 3. The van der Waals surface area contributed by atoms with E-state index in [9.17, 15) is 4.79 Å². The van der Waals surface area contributed by atoms with Gasteiger partial charge in [0.2, 0.25) is 0 Å². The third kappa shape index (κ3) is 5.07. The normalized spacial score (nSPS) is 18.5. The number of nitrogens with zero attached hydrogens (tertiary/aromatic N) is 2. The summed E-state index contributed by atoms with van der Waals surface area (Å²) in [5.41, 5.74) is 4.54. The monoisotopic (exact) mass is 437 g/mol. The Morgan fingerprint density at radius 1 is 1.13 bits per heavy atom. The molecule has 0 spiro atoms. The topological polar surface area (TPSA) is 82.7 Å². The van der Waals surface area contributed by atoms with Gasteiger partial charge in [-0.3, -0.25) is 14.9 Å². The summed E-state index contributed by atoms with van der Waals surface area (Å²) < 4.78 is 0. The first-order valence-corrected chi connectivity index (χ1v) is 11.2. The highest BCUT2D eigenvalue weighted by Gasteiger charge is 2.24. The zero-order valence-corrected chi connectivity index (χ0v) is 18.7.